The van der Waals surface area contributed by atoms with Gasteiger partial charge in [0, 0.05) is 23.2 Å². The minimum Gasteiger partial charge on any atom is -0.497 e. The number of carboxylic acids is 1. The van der Waals surface area contributed by atoms with Crippen LogP contribution in [0.15, 0.2) is 23.1 Å². The first-order chi connectivity index (χ1) is 8.61. The van der Waals surface area contributed by atoms with Crippen molar-refractivity contribution < 1.29 is 14.6 Å². The molecular weight excluding hydrogens is 250 g/mol. The molecule has 1 aliphatic heterocycles. The zero-order valence-corrected chi connectivity index (χ0v) is 11.4. The lowest BCUT2D eigenvalue weighted by Gasteiger charge is -2.36. The topological polar surface area (TPSA) is 49.8 Å². The van der Waals surface area contributed by atoms with Crippen LogP contribution in [0, 0.1) is 0 Å². The standard InChI is InChI=1S/C13H17NO3S/c1-9-8-18-12-7-10(17-2)3-4-11(12)14(9)6-5-13(15)16/h3-4,7,9H,5-6,8H2,1-2H3,(H,15,16). The molecule has 0 bridgehead atoms. The number of anilines is 1. The zero-order chi connectivity index (χ0) is 13.1. The Morgan fingerprint density at radius 3 is 3.06 bits per heavy atom. The van der Waals surface area contributed by atoms with Gasteiger partial charge in [-0.15, -0.1) is 11.8 Å². The molecule has 0 fully saturated rings. The minimum atomic E-state index is -0.754. The predicted molar refractivity (Wildman–Crippen MR) is 72.8 cm³/mol. The highest BCUT2D eigenvalue weighted by Crippen LogP contribution is 2.39. The van der Waals surface area contributed by atoms with E-state index in [4.69, 9.17) is 9.84 Å². The summed E-state index contributed by atoms with van der Waals surface area (Å²) in [6.07, 6.45) is 0.167. The number of benzene rings is 1. The fourth-order valence-corrected chi connectivity index (χ4v) is 3.20. The molecule has 18 heavy (non-hydrogen) atoms. The molecule has 0 amide bonds. The monoisotopic (exact) mass is 267 g/mol. The normalized spacial score (nSPS) is 18.3. The van der Waals surface area contributed by atoms with Crippen molar-refractivity contribution in [2.75, 3.05) is 24.3 Å². The summed E-state index contributed by atoms with van der Waals surface area (Å²) in [6.45, 7) is 2.68. The number of carbonyl (C=O) groups is 1. The SMILES string of the molecule is COc1ccc2c(c1)SCC(C)N2CCC(=O)O. The maximum Gasteiger partial charge on any atom is 0.305 e. The number of ether oxygens (including phenoxy) is 1. The third-order valence-electron chi connectivity index (χ3n) is 3.06. The Bertz CT molecular complexity index is 450. The van der Waals surface area contributed by atoms with Gasteiger partial charge < -0.3 is 14.7 Å². The lowest BCUT2D eigenvalue weighted by atomic mass is 10.2. The molecule has 1 aromatic rings. The Labute approximate surface area is 111 Å². The Balaban J connectivity index is 2.23. The summed E-state index contributed by atoms with van der Waals surface area (Å²) in [5.74, 6) is 1.06. The third kappa shape index (κ3) is 2.72. The van der Waals surface area contributed by atoms with Crippen LogP contribution in [0.3, 0.4) is 0 Å². The van der Waals surface area contributed by atoms with Crippen LogP contribution in [-0.4, -0.2) is 36.5 Å². The molecule has 0 aromatic heterocycles. The van der Waals surface area contributed by atoms with Crippen molar-refractivity contribution in [2.24, 2.45) is 0 Å². The van der Waals surface area contributed by atoms with Crippen molar-refractivity contribution in [1.82, 2.24) is 0 Å². The van der Waals surface area contributed by atoms with Crippen LogP contribution in [0.25, 0.3) is 0 Å². The van der Waals surface area contributed by atoms with E-state index in [1.165, 1.54) is 0 Å². The molecule has 98 valence electrons. The van der Waals surface area contributed by atoms with Crippen molar-refractivity contribution in [1.29, 1.82) is 0 Å². The van der Waals surface area contributed by atoms with Crippen LogP contribution in [-0.2, 0) is 4.79 Å². The summed E-state index contributed by atoms with van der Waals surface area (Å²) in [5, 5.41) is 8.81. The van der Waals surface area contributed by atoms with E-state index in [0.29, 0.717) is 12.6 Å². The number of carboxylic acid groups (broad SMARTS) is 1. The van der Waals surface area contributed by atoms with Gasteiger partial charge in [-0.25, -0.2) is 0 Å². The number of rotatable bonds is 4. The van der Waals surface area contributed by atoms with E-state index in [-0.39, 0.29) is 6.42 Å². The maximum absolute atomic E-state index is 10.7. The number of fused-ring (bicyclic) bond motifs is 1. The fraction of sp³-hybridized carbons (Fsp3) is 0.462. The van der Waals surface area contributed by atoms with Gasteiger partial charge in [0.25, 0.3) is 0 Å². The summed E-state index contributed by atoms with van der Waals surface area (Å²) in [5.41, 5.74) is 1.11. The quantitative estimate of drug-likeness (QED) is 0.908. The molecule has 1 unspecified atom stereocenters. The van der Waals surface area contributed by atoms with Crippen molar-refractivity contribution in [3.63, 3.8) is 0 Å². The Morgan fingerprint density at radius 2 is 2.39 bits per heavy atom. The summed E-state index contributed by atoms with van der Waals surface area (Å²) in [4.78, 5) is 14.0. The van der Waals surface area contributed by atoms with Gasteiger partial charge in [0.05, 0.1) is 19.2 Å². The molecular formula is C13H17NO3S. The zero-order valence-electron chi connectivity index (χ0n) is 10.5. The molecule has 0 spiro atoms. The van der Waals surface area contributed by atoms with E-state index >= 15 is 0 Å². The van der Waals surface area contributed by atoms with Gasteiger partial charge >= 0.3 is 5.97 Å². The van der Waals surface area contributed by atoms with E-state index in [9.17, 15) is 4.79 Å². The van der Waals surface area contributed by atoms with E-state index in [0.717, 1.165) is 22.1 Å². The molecule has 0 saturated heterocycles. The van der Waals surface area contributed by atoms with Crippen LogP contribution in [0.5, 0.6) is 5.75 Å². The molecule has 1 N–H and O–H groups in total. The van der Waals surface area contributed by atoms with Crippen LogP contribution in [0.4, 0.5) is 5.69 Å². The lowest BCUT2D eigenvalue weighted by Crippen LogP contribution is -2.39. The van der Waals surface area contributed by atoms with Crippen molar-refractivity contribution in [3.05, 3.63) is 18.2 Å². The van der Waals surface area contributed by atoms with Crippen LogP contribution < -0.4 is 9.64 Å². The molecule has 0 saturated carbocycles. The highest BCUT2D eigenvalue weighted by Gasteiger charge is 2.24. The van der Waals surface area contributed by atoms with Gasteiger partial charge in [-0.2, -0.15) is 0 Å². The number of thioether (sulfide) groups is 1. The highest BCUT2D eigenvalue weighted by molar-refractivity contribution is 7.99. The molecule has 1 heterocycles. The molecule has 4 nitrogen and oxygen atoms in total. The second kappa shape index (κ2) is 5.52. The number of nitrogens with zero attached hydrogens (tertiary/aromatic N) is 1. The van der Waals surface area contributed by atoms with Gasteiger partial charge in [-0.05, 0) is 25.1 Å². The number of methoxy groups -OCH3 is 1. The largest absolute Gasteiger partial charge is 0.497 e. The highest BCUT2D eigenvalue weighted by atomic mass is 32.2. The lowest BCUT2D eigenvalue weighted by molar-refractivity contribution is -0.136. The first-order valence-corrected chi connectivity index (χ1v) is 6.89. The van der Waals surface area contributed by atoms with E-state index in [1.54, 1.807) is 18.9 Å². The number of hydrogen-bond donors (Lipinski definition) is 1. The average molecular weight is 267 g/mol. The summed E-state index contributed by atoms with van der Waals surface area (Å²) >= 11 is 1.80. The van der Waals surface area contributed by atoms with E-state index in [1.807, 2.05) is 18.2 Å². The second-order valence-electron chi connectivity index (χ2n) is 4.33. The second-order valence-corrected chi connectivity index (χ2v) is 5.39. The molecule has 0 aliphatic carbocycles. The van der Waals surface area contributed by atoms with Gasteiger partial charge in [0.1, 0.15) is 5.75 Å². The number of aliphatic carboxylic acids is 1. The first kappa shape index (κ1) is 13.1. The Morgan fingerprint density at radius 1 is 1.61 bits per heavy atom. The molecule has 1 aliphatic rings. The fourth-order valence-electron chi connectivity index (χ4n) is 2.07. The smallest absolute Gasteiger partial charge is 0.305 e. The predicted octanol–water partition coefficient (Wildman–Crippen LogP) is 2.47. The van der Waals surface area contributed by atoms with Crippen LogP contribution in [0.1, 0.15) is 13.3 Å². The van der Waals surface area contributed by atoms with Gasteiger partial charge in [0.15, 0.2) is 0 Å². The molecule has 5 heteroatoms. The third-order valence-corrected chi connectivity index (χ3v) is 4.34. The molecule has 0 radical (unpaired) electrons. The van der Waals surface area contributed by atoms with Crippen molar-refractivity contribution >= 4 is 23.4 Å². The van der Waals surface area contributed by atoms with Gasteiger partial charge in [0.2, 0.25) is 0 Å². The summed E-state index contributed by atoms with van der Waals surface area (Å²) < 4.78 is 5.21. The Hall–Kier alpha value is -1.36. The van der Waals surface area contributed by atoms with E-state index < -0.39 is 5.97 Å². The summed E-state index contributed by atoms with van der Waals surface area (Å²) in [6, 6.07) is 6.30. The first-order valence-electron chi connectivity index (χ1n) is 5.91. The van der Waals surface area contributed by atoms with Gasteiger partial charge in [-0.3, -0.25) is 4.79 Å². The van der Waals surface area contributed by atoms with Crippen molar-refractivity contribution in [2.45, 2.75) is 24.3 Å². The number of hydrogen-bond acceptors (Lipinski definition) is 4. The molecule has 1 aromatic carbocycles. The molecule has 1 atom stereocenters. The maximum atomic E-state index is 10.7. The molecule has 2 rings (SSSR count). The average Bonchev–Trinajstić information content (AvgIpc) is 2.36. The van der Waals surface area contributed by atoms with Crippen LogP contribution >= 0.6 is 11.8 Å². The van der Waals surface area contributed by atoms with Crippen molar-refractivity contribution in [3.8, 4) is 5.75 Å². The Kier molecular flexibility index (Phi) is 4.01. The van der Waals surface area contributed by atoms with Gasteiger partial charge in [-0.1, -0.05) is 0 Å². The van der Waals surface area contributed by atoms with E-state index in [2.05, 4.69) is 11.8 Å². The minimum absolute atomic E-state index is 0.167. The van der Waals surface area contributed by atoms with Crippen LogP contribution in [0.2, 0.25) is 0 Å². The summed E-state index contributed by atoms with van der Waals surface area (Å²) in [7, 11) is 1.65.